The highest BCUT2D eigenvalue weighted by Crippen LogP contribution is 2.18. The Kier molecular flexibility index (Phi) is 5.44. The summed E-state index contributed by atoms with van der Waals surface area (Å²) >= 11 is 0. The molecule has 8 heteroatoms. The molecule has 1 atom stereocenters. The number of piperazine rings is 1. The molecule has 2 heterocycles. The molecule has 0 bridgehead atoms. The highest BCUT2D eigenvalue weighted by Gasteiger charge is 2.34. The van der Waals surface area contributed by atoms with Crippen molar-refractivity contribution in [1.82, 2.24) is 14.7 Å². The van der Waals surface area contributed by atoms with E-state index in [2.05, 4.69) is 4.90 Å². The van der Waals surface area contributed by atoms with E-state index in [4.69, 9.17) is 0 Å². The molecule has 7 nitrogen and oxygen atoms in total. The predicted octanol–water partition coefficient (Wildman–Crippen LogP) is -0.814. The number of hydrogen-bond acceptors (Lipinski definition) is 5. The fraction of sp³-hybridized carbons (Fsp3) is 0.857. The Bertz CT molecular complexity index is 526. The average Bonchev–Trinajstić information content (AvgIpc) is 2.80. The van der Waals surface area contributed by atoms with E-state index in [0.29, 0.717) is 26.1 Å². The van der Waals surface area contributed by atoms with Crippen LogP contribution >= 0.6 is 0 Å². The fourth-order valence-corrected chi connectivity index (χ4v) is 4.79. The molecule has 2 fully saturated rings. The number of sulfone groups is 1. The molecule has 2 aliphatic heterocycles. The van der Waals surface area contributed by atoms with Gasteiger partial charge in [-0.05, 0) is 20.4 Å². The lowest BCUT2D eigenvalue weighted by Gasteiger charge is -2.33. The number of likely N-dealkylation sites (N-methyl/N-ethyl adjacent to an activating group) is 1. The lowest BCUT2D eigenvalue weighted by Crippen LogP contribution is -2.49. The standard InChI is InChI=1S/C14H25N3O4S/c1-3-17(12-4-9-22(20,21)11-12)14(19)10-13(18)16-7-5-15(2)6-8-16/h12H,3-11H2,1-2H3. The van der Waals surface area contributed by atoms with Gasteiger partial charge in [0.05, 0.1) is 11.5 Å². The summed E-state index contributed by atoms with van der Waals surface area (Å²) in [6, 6.07) is -0.275. The smallest absolute Gasteiger partial charge is 0.232 e. The number of amides is 2. The van der Waals surface area contributed by atoms with Crippen LogP contribution in [0.3, 0.4) is 0 Å². The molecule has 0 aliphatic carbocycles. The molecule has 0 radical (unpaired) electrons. The van der Waals surface area contributed by atoms with Crippen LogP contribution in [0.25, 0.3) is 0 Å². The maximum atomic E-state index is 12.4. The van der Waals surface area contributed by atoms with Gasteiger partial charge in [0.25, 0.3) is 0 Å². The summed E-state index contributed by atoms with van der Waals surface area (Å²) in [5, 5.41) is 0. The van der Waals surface area contributed by atoms with Crippen molar-refractivity contribution in [1.29, 1.82) is 0 Å². The first-order valence-electron chi connectivity index (χ1n) is 7.78. The van der Waals surface area contributed by atoms with Crippen molar-refractivity contribution in [3.63, 3.8) is 0 Å². The van der Waals surface area contributed by atoms with E-state index in [1.165, 1.54) is 0 Å². The molecule has 2 saturated heterocycles. The highest BCUT2D eigenvalue weighted by molar-refractivity contribution is 7.91. The fourth-order valence-electron chi connectivity index (χ4n) is 3.06. The summed E-state index contributed by atoms with van der Waals surface area (Å²) in [6.07, 6.45) is 0.318. The minimum atomic E-state index is -3.03. The molecule has 0 saturated carbocycles. The van der Waals surface area contributed by atoms with Crippen molar-refractivity contribution in [2.45, 2.75) is 25.8 Å². The number of hydrogen-bond donors (Lipinski definition) is 0. The summed E-state index contributed by atoms with van der Waals surface area (Å²) < 4.78 is 23.1. The SMILES string of the molecule is CCN(C(=O)CC(=O)N1CCN(C)CC1)C1CCS(=O)(=O)C1. The molecule has 1 unspecified atom stereocenters. The largest absolute Gasteiger partial charge is 0.340 e. The molecule has 0 aromatic carbocycles. The van der Waals surface area contributed by atoms with Crippen LogP contribution in [0.2, 0.25) is 0 Å². The third-order valence-corrected chi connectivity index (χ3v) is 6.22. The molecule has 0 aromatic rings. The van der Waals surface area contributed by atoms with Gasteiger partial charge in [0.2, 0.25) is 11.8 Å². The third-order valence-electron chi connectivity index (χ3n) is 4.47. The molecule has 2 amide bonds. The van der Waals surface area contributed by atoms with Gasteiger partial charge in [-0.2, -0.15) is 0 Å². The number of carbonyl (C=O) groups excluding carboxylic acids is 2. The van der Waals surface area contributed by atoms with Crippen molar-refractivity contribution >= 4 is 21.7 Å². The normalized spacial score (nSPS) is 25.2. The summed E-state index contributed by atoms with van der Waals surface area (Å²) in [6.45, 7) is 5.19. The summed E-state index contributed by atoms with van der Waals surface area (Å²) in [5.74, 6) is -0.255. The van der Waals surface area contributed by atoms with Gasteiger partial charge < -0.3 is 14.7 Å². The third kappa shape index (κ3) is 4.19. The molecule has 22 heavy (non-hydrogen) atoms. The van der Waals surface area contributed by atoms with Gasteiger partial charge >= 0.3 is 0 Å². The quantitative estimate of drug-likeness (QED) is 0.630. The van der Waals surface area contributed by atoms with Crippen LogP contribution < -0.4 is 0 Å². The Morgan fingerprint density at radius 3 is 2.32 bits per heavy atom. The number of nitrogens with zero attached hydrogens (tertiary/aromatic N) is 3. The Balaban J connectivity index is 1.91. The van der Waals surface area contributed by atoms with Crippen LogP contribution in [-0.4, -0.2) is 92.3 Å². The Morgan fingerprint density at radius 2 is 1.82 bits per heavy atom. The molecule has 2 aliphatic rings. The van der Waals surface area contributed by atoms with Gasteiger partial charge in [-0.3, -0.25) is 9.59 Å². The number of rotatable bonds is 4. The lowest BCUT2D eigenvalue weighted by molar-refractivity contribution is -0.142. The average molecular weight is 331 g/mol. The molecular formula is C14H25N3O4S. The van der Waals surface area contributed by atoms with Gasteiger partial charge in [-0.25, -0.2) is 8.42 Å². The van der Waals surface area contributed by atoms with E-state index >= 15 is 0 Å². The maximum Gasteiger partial charge on any atom is 0.232 e. The lowest BCUT2D eigenvalue weighted by atomic mass is 10.2. The Labute approximate surface area is 132 Å². The van der Waals surface area contributed by atoms with Gasteiger partial charge in [-0.1, -0.05) is 0 Å². The number of carbonyl (C=O) groups is 2. The second-order valence-electron chi connectivity index (χ2n) is 6.10. The van der Waals surface area contributed by atoms with Gasteiger partial charge in [0.15, 0.2) is 9.84 Å². The second kappa shape index (κ2) is 6.95. The van der Waals surface area contributed by atoms with Crippen LogP contribution in [0.15, 0.2) is 0 Å². The molecule has 2 rings (SSSR count). The van der Waals surface area contributed by atoms with Crippen LogP contribution in [0.5, 0.6) is 0 Å². The maximum absolute atomic E-state index is 12.4. The van der Waals surface area contributed by atoms with E-state index in [1.54, 1.807) is 9.80 Å². The van der Waals surface area contributed by atoms with E-state index in [-0.39, 0.29) is 35.8 Å². The zero-order chi connectivity index (χ0) is 16.3. The van der Waals surface area contributed by atoms with E-state index in [1.807, 2.05) is 14.0 Å². The van der Waals surface area contributed by atoms with Crippen molar-refractivity contribution in [2.75, 3.05) is 51.3 Å². The van der Waals surface area contributed by atoms with E-state index in [0.717, 1.165) is 13.1 Å². The Morgan fingerprint density at radius 1 is 1.18 bits per heavy atom. The van der Waals surface area contributed by atoms with Crippen LogP contribution in [0, 0.1) is 0 Å². The summed E-state index contributed by atoms with van der Waals surface area (Å²) in [4.78, 5) is 30.0. The van der Waals surface area contributed by atoms with Crippen LogP contribution in [-0.2, 0) is 19.4 Å². The van der Waals surface area contributed by atoms with Crippen LogP contribution in [0.4, 0.5) is 0 Å². The first kappa shape index (κ1) is 17.2. The van der Waals surface area contributed by atoms with Crippen molar-refractivity contribution in [3.8, 4) is 0 Å². The minimum absolute atomic E-state index is 0.0231. The van der Waals surface area contributed by atoms with E-state index < -0.39 is 9.84 Å². The van der Waals surface area contributed by atoms with Gasteiger partial charge in [0, 0.05) is 38.8 Å². The monoisotopic (exact) mass is 331 g/mol. The van der Waals surface area contributed by atoms with Gasteiger partial charge in [-0.15, -0.1) is 0 Å². The zero-order valence-corrected chi connectivity index (χ0v) is 14.1. The molecule has 0 aromatic heterocycles. The van der Waals surface area contributed by atoms with Crippen molar-refractivity contribution in [3.05, 3.63) is 0 Å². The zero-order valence-electron chi connectivity index (χ0n) is 13.3. The molecule has 0 N–H and O–H groups in total. The van der Waals surface area contributed by atoms with Crippen LogP contribution in [0.1, 0.15) is 19.8 Å². The molecular weight excluding hydrogens is 306 g/mol. The first-order valence-corrected chi connectivity index (χ1v) is 9.60. The molecule has 126 valence electrons. The second-order valence-corrected chi connectivity index (χ2v) is 8.33. The minimum Gasteiger partial charge on any atom is -0.340 e. The summed E-state index contributed by atoms with van der Waals surface area (Å²) in [5.41, 5.74) is 0. The topological polar surface area (TPSA) is 78.0 Å². The molecule has 0 spiro atoms. The predicted molar refractivity (Wildman–Crippen MR) is 83.1 cm³/mol. The Hall–Kier alpha value is -1.15. The van der Waals surface area contributed by atoms with Crippen molar-refractivity contribution < 1.29 is 18.0 Å². The highest BCUT2D eigenvalue weighted by atomic mass is 32.2. The van der Waals surface area contributed by atoms with Gasteiger partial charge in [0.1, 0.15) is 6.42 Å². The van der Waals surface area contributed by atoms with Crippen molar-refractivity contribution in [2.24, 2.45) is 0 Å². The first-order chi connectivity index (χ1) is 10.3. The summed E-state index contributed by atoms with van der Waals surface area (Å²) in [7, 11) is -1.03. The van der Waals surface area contributed by atoms with E-state index in [9.17, 15) is 18.0 Å².